The van der Waals surface area contributed by atoms with Gasteiger partial charge in [0.1, 0.15) is 0 Å². The summed E-state index contributed by atoms with van der Waals surface area (Å²) in [7, 11) is 0. The van der Waals surface area contributed by atoms with E-state index in [1.165, 1.54) is 0 Å². The lowest BCUT2D eigenvalue weighted by Crippen LogP contribution is -2.26. The summed E-state index contributed by atoms with van der Waals surface area (Å²) in [6.45, 7) is 8.28. The van der Waals surface area contributed by atoms with Crippen LogP contribution in [0.3, 0.4) is 0 Å². The molecule has 0 aromatic carbocycles. The highest BCUT2D eigenvalue weighted by atomic mass is 16.3. The molecule has 0 aliphatic carbocycles. The second-order valence-electron chi connectivity index (χ2n) is 5.32. The van der Waals surface area contributed by atoms with E-state index in [0.29, 0.717) is 6.54 Å². The molecule has 0 spiro atoms. The summed E-state index contributed by atoms with van der Waals surface area (Å²) in [4.78, 5) is 11.2. The lowest BCUT2D eigenvalue weighted by molar-refractivity contribution is 0.0994. The van der Waals surface area contributed by atoms with Gasteiger partial charge in [-0.25, -0.2) is 4.68 Å². The van der Waals surface area contributed by atoms with Crippen LogP contribution >= 0.6 is 0 Å². The first-order valence-corrected chi connectivity index (χ1v) is 5.62. The minimum Gasteiger partial charge on any atom is -0.396 e. The number of carbonyl (C=O) groups is 1. The molecule has 6 heteroatoms. The van der Waals surface area contributed by atoms with Crippen LogP contribution < -0.4 is 5.73 Å². The van der Waals surface area contributed by atoms with Gasteiger partial charge in [0.15, 0.2) is 5.69 Å². The van der Waals surface area contributed by atoms with E-state index in [1.54, 1.807) is 4.68 Å². The Balaban J connectivity index is 3.13. The van der Waals surface area contributed by atoms with E-state index in [9.17, 15) is 9.90 Å². The number of hydrogen-bond acceptors (Lipinski definition) is 4. The Kier molecular flexibility index (Phi) is 3.87. The van der Waals surface area contributed by atoms with Crippen molar-refractivity contribution in [1.29, 1.82) is 0 Å². The van der Waals surface area contributed by atoms with Gasteiger partial charge in [0.2, 0.25) is 0 Å². The molecule has 0 aliphatic heterocycles. The number of hydrogen-bond donors (Lipinski definition) is 2. The Bertz CT molecular complexity index is 410. The summed E-state index contributed by atoms with van der Waals surface area (Å²) in [6.07, 6.45) is 0. The molecule has 0 fully saturated rings. The minimum atomic E-state index is -0.568. The fourth-order valence-electron chi connectivity index (χ4n) is 1.64. The number of nitrogens with zero attached hydrogens (tertiary/aromatic N) is 3. The molecule has 96 valence electrons. The van der Waals surface area contributed by atoms with Crippen molar-refractivity contribution in [3.8, 4) is 0 Å². The monoisotopic (exact) mass is 240 g/mol. The van der Waals surface area contributed by atoms with Gasteiger partial charge in [0.05, 0.1) is 12.2 Å². The molecule has 0 radical (unpaired) electrons. The van der Waals surface area contributed by atoms with Crippen molar-refractivity contribution in [2.45, 2.75) is 40.2 Å². The third-order valence-electron chi connectivity index (χ3n) is 2.56. The van der Waals surface area contributed by atoms with Gasteiger partial charge in [-0.1, -0.05) is 32.9 Å². The summed E-state index contributed by atoms with van der Waals surface area (Å²) in [5.41, 5.74) is 5.88. The molecule has 1 heterocycles. The van der Waals surface area contributed by atoms with Crippen LogP contribution in [0.15, 0.2) is 0 Å². The first-order chi connectivity index (χ1) is 7.78. The van der Waals surface area contributed by atoms with Gasteiger partial charge in [-0.05, 0) is 5.92 Å². The minimum absolute atomic E-state index is 0.0380. The Morgan fingerprint density at radius 2 is 2.12 bits per heavy atom. The fourth-order valence-corrected chi connectivity index (χ4v) is 1.64. The van der Waals surface area contributed by atoms with E-state index in [2.05, 4.69) is 10.3 Å². The number of aliphatic hydroxyl groups excluding tert-OH is 1. The lowest BCUT2D eigenvalue weighted by atomic mass is 9.94. The van der Waals surface area contributed by atoms with E-state index >= 15 is 0 Å². The van der Waals surface area contributed by atoms with Crippen molar-refractivity contribution in [1.82, 2.24) is 15.0 Å². The number of rotatable bonds is 5. The molecule has 6 nitrogen and oxygen atoms in total. The normalized spacial score (nSPS) is 12.1. The third-order valence-corrected chi connectivity index (χ3v) is 2.56. The molecule has 0 unspecified atom stereocenters. The molecule has 0 saturated carbocycles. The summed E-state index contributed by atoms with van der Waals surface area (Å²) in [5, 5.41) is 17.0. The van der Waals surface area contributed by atoms with Crippen molar-refractivity contribution >= 4 is 5.91 Å². The highest BCUT2D eigenvalue weighted by Crippen LogP contribution is 2.22. The molecule has 0 saturated heterocycles. The Hall–Kier alpha value is -1.43. The Labute approximate surface area is 101 Å². The van der Waals surface area contributed by atoms with Crippen molar-refractivity contribution in [2.24, 2.45) is 11.1 Å². The van der Waals surface area contributed by atoms with Crippen molar-refractivity contribution in [2.75, 3.05) is 6.61 Å². The number of amides is 1. The average Bonchev–Trinajstić information content (AvgIpc) is 2.60. The van der Waals surface area contributed by atoms with Crippen molar-refractivity contribution < 1.29 is 9.90 Å². The average molecular weight is 240 g/mol. The third kappa shape index (κ3) is 3.03. The van der Waals surface area contributed by atoms with Gasteiger partial charge in [-0.3, -0.25) is 4.79 Å². The molecule has 1 rings (SSSR count). The molecule has 0 aliphatic rings. The van der Waals surface area contributed by atoms with E-state index in [-0.39, 0.29) is 23.6 Å². The van der Waals surface area contributed by atoms with Crippen LogP contribution in [0.25, 0.3) is 0 Å². The maximum Gasteiger partial charge on any atom is 0.271 e. The quantitative estimate of drug-likeness (QED) is 0.784. The van der Waals surface area contributed by atoms with Gasteiger partial charge in [0, 0.05) is 12.0 Å². The predicted molar refractivity (Wildman–Crippen MR) is 63.5 cm³/mol. The van der Waals surface area contributed by atoms with Crippen LogP contribution in [0.2, 0.25) is 0 Å². The van der Waals surface area contributed by atoms with E-state index < -0.39 is 5.91 Å². The molecule has 0 bridgehead atoms. The Morgan fingerprint density at radius 1 is 1.53 bits per heavy atom. The largest absolute Gasteiger partial charge is 0.396 e. The maximum absolute atomic E-state index is 11.2. The zero-order valence-electron chi connectivity index (χ0n) is 10.8. The zero-order chi connectivity index (χ0) is 13.2. The molecule has 17 heavy (non-hydrogen) atoms. The SMILES string of the molecule is CC(C)c1c(C(N)=O)nnn1CC(C)(C)CO. The molecule has 1 aromatic heterocycles. The van der Waals surface area contributed by atoms with E-state index in [0.717, 1.165) is 5.69 Å². The second-order valence-corrected chi connectivity index (χ2v) is 5.32. The van der Waals surface area contributed by atoms with E-state index in [4.69, 9.17) is 5.73 Å². The highest BCUT2D eigenvalue weighted by molar-refractivity contribution is 5.91. The van der Waals surface area contributed by atoms with Crippen LogP contribution in [0.5, 0.6) is 0 Å². The number of nitrogens with two attached hydrogens (primary N) is 1. The van der Waals surface area contributed by atoms with E-state index in [1.807, 2.05) is 27.7 Å². The summed E-state index contributed by atoms with van der Waals surface area (Å²) < 4.78 is 1.65. The van der Waals surface area contributed by atoms with Gasteiger partial charge in [-0.15, -0.1) is 5.10 Å². The standard InChI is InChI=1S/C11H20N4O2/c1-7(2)9-8(10(12)17)13-14-15(9)5-11(3,4)6-16/h7,16H,5-6H2,1-4H3,(H2,12,17). The number of aliphatic hydroxyl groups is 1. The summed E-state index contributed by atoms with van der Waals surface area (Å²) >= 11 is 0. The number of primary amides is 1. The summed E-state index contributed by atoms with van der Waals surface area (Å²) in [6, 6.07) is 0. The smallest absolute Gasteiger partial charge is 0.271 e. The highest BCUT2D eigenvalue weighted by Gasteiger charge is 2.25. The van der Waals surface area contributed by atoms with Gasteiger partial charge in [-0.2, -0.15) is 0 Å². The maximum atomic E-state index is 11.2. The van der Waals surface area contributed by atoms with Crippen LogP contribution in [0.4, 0.5) is 0 Å². The van der Waals surface area contributed by atoms with Crippen molar-refractivity contribution in [3.63, 3.8) is 0 Å². The van der Waals surface area contributed by atoms with Gasteiger partial charge >= 0.3 is 0 Å². The van der Waals surface area contributed by atoms with Crippen LogP contribution in [0.1, 0.15) is 49.8 Å². The van der Waals surface area contributed by atoms with Gasteiger partial charge < -0.3 is 10.8 Å². The number of carbonyl (C=O) groups excluding carboxylic acids is 1. The topological polar surface area (TPSA) is 94.0 Å². The van der Waals surface area contributed by atoms with Crippen molar-refractivity contribution in [3.05, 3.63) is 11.4 Å². The molecular weight excluding hydrogens is 220 g/mol. The molecule has 1 aromatic rings. The lowest BCUT2D eigenvalue weighted by Gasteiger charge is -2.22. The summed E-state index contributed by atoms with van der Waals surface area (Å²) in [5.74, 6) is -0.469. The predicted octanol–water partition coefficient (Wildman–Crippen LogP) is 0.519. The Morgan fingerprint density at radius 3 is 2.53 bits per heavy atom. The number of aromatic nitrogens is 3. The molecule has 3 N–H and O–H groups in total. The molecular formula is C11H20N4O2. The second kappa shape index (κ2) is 4.83. The van der Waals surface area contributed by atoms with Crippen LogP contribution in [-0.2, 0) is 6.54 Å². The fraction of sp³-hybridized carbons (Fsp3) is 0.727. The van der Waals surface area contributed by atoms with Crippen LogP contribution in [0, 0.1) is 5.41 Å². The molecule has 0 atom stereocenters. The van der Waals surface area contributed by atoms with Crippen LogP contribution in [-0.4, -0.2) is 32.6 Å². The van der Waals surface area contributed by atoms with Gasteiger partial charge in [0.25, 0.3) is 5.91 Å². The zero-order valence-corrected chi connectivity index (χ0v) is 10.8. The first-order valence-electron chi connectivity index (χ1n) is 5.62. The first kappa shape index (κ1) is 13.6. The molecule has 1 amide bonds.